The van der Waals surface area contributed by atoms with E-state index in [0.717, 1.165) is 11.1 Å². The first kappa shape index (κ1) is 22.2. The second-order valence-corrected chi connectivity index (χ2v) is 8.85. The molecule has 0 N–H and O–H groups in total. The first-order chi connectivity index (χ1) is 15.4. The SMILES string of the molecule is CCOC(=O)C1=C(C)N=c2sc(=Cc3cccnc3)c(=O)n2[C@H]1c1ccc(OC)c(Br)c1. The van der Waals surface area contributed by atoms with Gasteiger partial charge >= 0.3 is 5.97 Å². The summed E-state index contributed by atoms with van der Waals surface area (Å²) in [4.78, 5) is 35.6. The number of carbonyl (C=O) groups is 1. The molecule has 1 aliphatic rings. The maximum atomic E-state index is 13.5. The lowest BCUT2D eigenvalue weighted by atomic mass is 9.96. The van der Waals surface area contributed by atoms with Crippen LogP contribution in [0.25, 0.3) is 6.08 Å². The van der Waals surface area contributed by atoms with Gasteiger partial charge in [0.2, 0.25) is 0 Å². The number of halogens is 1. The van der Waals surface area contributed by atoms with Crippen LogP contribution >= 0.6 is 27.3 Å². The predicted octanol–water partition coefficient (Wildman–Crippen LogP) is 2.96. The molecule has 0 bridgehead atoms. The Hall–Kier alpha value is -3.04. The Morgan fingerprint density at radius 3 is 2.81 bits per heavy atom. The number of rotatable bonds is 5. The summed E-state index contributed by atoms with van der Waals surface area (Å²) in [6.45, 7) is 3.73. The van der Waals surface area contributed by atoms with Crippen LogP contribution < -0.4 is 19.6 Å². The molecule has 3 aromatic rings. The summed E-state index contributed by atoms with van der Waals surface area (Å²) in [6.07, 6.45) is 5.14. The zero-order chi connectivity index (χ0) is 22.8. The third-order valence-corrected chi connectivity index (χ3v) is 6.59. The highest BCUT2D eigenvalue weighted by Gasteiger charge is 2.33. The summed E-state index contributed by atoms with van der Waals surface area (Å²) >= 11 is 4.78. The summed E-state index contributed by atoms with van der Waals surface area (Å²) in [5.41, 5.74) is 2.18. The van der Waals surface area contributed by atoms with E-state index in [4.69, 9.17) is 9.47 Å². The van der Waals surface area contributed by atoms with Crippen molar-refractivity contribution in [3.8, 4) is 5.75 Å². The van der Waals surface area contributed by atoms with Crippen molar-refractivity contribution in [3.05, 3.63) is 89.3 Å². The quantitative estimate of drug-likeness (QED) is 0.489. The van der Waals surface area contributed by atoms with Gasteiger partial charge in [-0.25, -0.2) is 9.79 Å². The molecule has 0 fully saturated rings. The second-order valence-electron chi connectivity index (χ2n) is 6.98. The fraction of sp³-hybridized carbons (Fsp3) is 0.217. The molecule has 164 valence electrons. The van der Waals surface area contributed by atoms with Crippen LogP contribution in [0.1, 0.15) is 31.0 Å². The number of thiazole rings is 1. The third-order valence-electron chi connectivity index (χ3n) is 4.99. The van der Waals surface area contributed by atoms with E-state index in [0.29, 0.717) is 30.8 Å². The Balaban J connectivity index is 1.97. The Morgan fingerprint density at radius 2 is 2.16 bits per heavy atom. The highest BCUT2D eigenvalue weighted by atomic mass is 79.9. The number of hydrogen-bond donors (Lipinski definition) is 0. The van der Waals surface area contributed by atoms with Gasteiger partial charge in [0.1, 0.15) is 5.75 Å². The van der Waals surface area contributed by atoms with Gasteiger partial charge in [-0.3, -0.25) is 14.3 Å². The summed E-state index contributed by atoms with van der Waals surface area (Å²) in [5.74, 6) is 0.156. The van der Waals surface area contributed by atoms with Gasteiger partial charge in [-0.2, -0.15) is 0 Å². The van der Waals surface area contributed by atoms with E-state index in [2.05, 4.69) is 25.9 Å². The molecular weight excluding hydrogens is 494 g/mol. The number of fused-ring (bicyclic) bond motifs is 1. The Kier molecular flexibility index (Phi) is 6.38. The maximum Gasteiger partial charge on any atom is 0.338 e. The van der Waals surface area contributed by atoms with Crippen LogP contribution in [-0.2, 0) is 9.53 Å². The van der Waals surface area contributed by atoms with E-state index in [-0.39, 0.29) is 12.2 Å². The largest absolute Gasteiger partial charge is 0.496 e. The van der Waals surface area contributed by atoms with Crippen LogP contribution in [-0.4, -0.2) is 29.2 Å². The van der Waals surface area contributed by atoms with Crippen molar-refractivity contribution < 1.29 is 14.3 Å². The van der Waals surface area contributed by atoms with Crippen LogP contribution in [0.5, 0.6) is 5.75 Å². The number of nitrogens with zero attached hydrogens (tertiary/aromatic N) is 3. The minimum absolute atomic E-state index is 0.222. The number of esters is 1. The van der Waals surface area contributed by atoms with Crippen molar-refractivity contribution in [2.24, 2.45) is 4.99 Å². The van der Waals surface area contributed by atoms with E-state index in [1.165, 1.54) is 11.3 Å². The van der Waals surface area contributed by atoms with Crippen molar-refractivity contribution in [3.63, 3.8) is 0 Å². The van der Waals surface area contributed by atoms with Crippen LogP contribution in [0.3, 0.4) is 0 Å². The zero-order valence-corrected chi connectivity index (χ0v) is 20.1. The van der Waals surface area contributed by atoms with Gasteiger partial charge in [0, 0.05) is 12.4 Å². The molecule has 0 saturated carbocycles. The number of benzene rings is 1. The average molecular weight is 514 g/mol. The zero-order valence-electron chi connectivity index (χ0n) is 17.7. The Labute approximate surface area is 196 Å². The van der Waals surface area contributed by atoms with Gasteiger partial charge in [-0.1, -0.05) is 23.5 Å². The van der Waals surface area contributed by atoms with Crippen molar-refractivity contribution in [2.75, 3.05) is 13.7 Å². The summed E-state index contributed by atoms with van der Waals surface area (Å²) < 4.78 is 13.4. The summed E-state index contributed by atoms with van der Waals surface area (Å²) in [6, 6.07) is 8.48. The number of methoxy groups -OCH3 is 1. The van der Waals surface area contributed by atoms with Crippen molar-refractivity contribution in [1.29, 1.82) is 0 Å². The highest BCUT2D eigenvalue weighted by Crippen LogP contribution is 2.34. The molecule has 3 heterocycles. The standard InChI is InChI=1S/C23H20BrN3O4S/c1-4-31-22(29)19-13(2)26-23-27(20(19)15-7-8-17(30-3)16(24)11-15)21(28)18(32-23)10-14-6-5-9-25-12-14/h5-12,20H,4H2,1-3H3/t20-/m0/s1. The second kappa shape index (κ2) is 9.22. The smallest absolute Gasteiger partial charge is 0.338 e. The lowest BCUT2D eigenvalue weighted by Crippen LogP contribution is -2.39. The van der Waals surface area contributed by atoms with Gasteiger partial charge < -0.3 is 9.47 Å². The Morgan fingerprint density at radius 1 is 1.34 bits per heavy atom. The molecule has 9 heteroatoms. The maximum absolute atomic E-state index is 13.5. The van der Waals surface area contributed by atoms with Crippen LogP contribution in [0.15, 0.2) is 68.3 Å². The van der Waals surface area contributed by atoms with Crippen LogP contribution in [0.2, 0.25) is 0 Å². The Bertz CT molecular complexity index is 1390. The van der Waals surface area contributed by atoms with E-state index in [1.807, 2.05) is 24.3 Å². The monoisotopic (exact) mass is 513 g/mol. The number of allylic oxidation sites excluding steroid dienone is 1. The van der Waals surface area contributed by atoms with Gasteiger partial charge in [0.05, 0.1) is 40.0 Å². The molecule has 32 heavy (non-hydrogen) atoms. The molecule has 0 spiro atoms. The van der Waals surface area contributed by atoms with Crippen LogP contribution in [0, 0.1) is 0 Å². The molecule has 0 amide bonds. The lowest BCUT2D eigenvalue weighted by molar-refractivity contribution is -0.139. The summed E-state index contributed by atoms with van der Waals surface area (Å²) in [5, 5.41) is 0. The van der Waals surface area contributed by atoms with E-state index in [9.17, 15) is 9.59 Å². The minimum atomic E-state index is -0.677. The molecule has 2 aromatic heterocycles. The van der Waals surface area contributed by atoms with Crippen molar-refractivity contribution in [1.82, 2.24) is 9.55 Å². The molecule has 0 saturated heterocycles. The number of aromatic nitrogens is 2. The molecule has 1 aromatic carbocycles. The lowest BCUT2D eigenvalue weighted by Gasteiger charge is -2.25. The number of hydrogen-bond acceptors (Lipinski definition) is 7. The normalized spacial score (nSPS) is 15.9. The molecule has 0 aliphatic carbocycles. The highest BCUT2D eigenvalue weighted by molar-refractivity contribution is 9.10. The average Bonchev–Trinajstić information content (AvgIpc) is 3.08. The molecule has 0 unspecified atom stereocenters. The van der Waals surface area contributed by atoms with Gasteiger partial charge in [-0.15, -0.1) is 0 Å². The van der Waals surface area contributed by atoms with Crippen LogP contribution in [0.4, 0.5) is 0 Å². The van der Waals surface area contributed by atoms with E-state index >= 15 is 0 Å². The number of ether oxygens (including phenoxy) is 2. The molecule has 1 atom stereocenters. The third kappa shape index (κ3) is 4.05. The number of carbonyl (C=O) groups excluding carboxylic acids is 1. The molecular formula is C23H20BrN3O4S. The molecule has 0 radical (unpaired) electrons. The van der Waals surface area contributed by atoms with Crippen molar-refractivity contribution in [2.45, 2.75) is 19.9 Å². The summed E-state index contributed by atoms with van der Waals surface area (Å²) in [7, 11) is 1.58. The van der Waals surface area contributed by atoms with E-state index < -0.39 is 12.0 Å². The first-order valence-corrected chi connectivity index (χ1v) is 11.5. The fourth-order valence-electron chi connectivity index (χ4n) is 3.57. The van der Waals surface area contributed by atoms with Gasteiger partial charge in [-0.05, 0) is 65.2 Å². The van der Waals surface area contributed by atoms with Crippen molar-refractivity contribution >= 4 is 39.3 Å². The molecule has 1 aliphatic heterocycles. The number of pyridine rings is 1. The predicted molar refractivity (Wildman–Crippen MR) is 125 cm³/mol. The molecule has 7 nitrogen and oxygen atoms in total. The first-order valence-electron chi connectivity index (χ1n) is 9.87. The fourth-order valence-corrected chi connectivity index (χ4v) is 5.18. The van der Waals surface area contributed by atoms with Gasteiger partial charge in [0.25, 0.3) is 5.56 Å². The topological polar surface area (TPSA) is 82.8 Å². The minimum Gasteiger partial charge on any atom is -0.496 e. The molecule has 4 rings (SSSR count). The van der Waals surface area contributed by atoms with E-state index in [1.54, 1.807) is 50.1 Å². The van der Waals surface area contributed by atoms with Gasteiger partial charge in [0.15, 0.2) is 4.80 Å².